The van der Waals surface area contributed by atoms with E-state index < -0.39 is 0 Å². The third-order valence-corrected chi connectivity index (χ3v) is 5.04. The maximum Gasteiger partial charge on any atom is 0.123 e. The van der Waals surface area contributed by atoms with E-state index in [1.807, 2.05) is 31.3 Å². The Morgan fingerprint density at radius 2 is 1.23 bits per heavy atom. The van der Waals surface area contributed by atoms with Crippen LogP contribution in [0.15, 0.2) is 48.5 Å². The van der Waals surface area contributed by atoms with Gasteiger partial charge < -0.3 is 5.32 Å². The normalized spacial score (nSPS) is 18.3. The van der Waals surface area contributed by atoms with Crippen LogP contribution in [0.3, 0.4) is 0 Å². The third-order valence-electron chi connectivity index (χ3n) is 5.04. The number of hydrogen-bond donors (Lipinski definition) is 1. The molecular formula is C19H21F2N. The van der Waals surface area contributed by atoms with Crippen molar-refractivity contribution in [1.82, 2.24) is 5.32 Å². The van der Waals surface area contributed by atoms with Crippen LogP contribution in [0.25, 0.3) is 0 Å². The van der Waals surface area contributed by atoms with Crippen molar-refractivity contribution >= 4 is 0 Å². The molecule has 0 amide bonds. The largest absolute Gasteiger partial charge is 0.317 e. The molecule has 0 heterocycles. The lowest BCUT2D eigenvalue weighted by molar-refractivity contribution is 0.291. The summed E-state index contributed by atoms with van der Waals surface area (Å²) in [7, 11) is 1.99. The van der Waals surface area contributed by atoms with Crippen LogP contribution in [0.2, 0.25) is 0 Å². The second-order valence-electron chi connectivity index (χ2n) is 6.16. The lowest BCUT2D eigenvalue weighted by Gasteiger charge is -2.41. The topological polar surface area (TPSA) is 12.0 Å². The van der Waals surface area contributed by atoms with Gasteiger partial charge in [0, 0.05) is 11.5 Å². The second kappa shape index (κ2) is 6.17. The summed E-state index contributed by atoms with van der Waals surface area (Å²) in [6.45, 7) is 0. The minimum Gasteiger partial charge on any atom is -0.317 e. The van der Waals surface area contributed by atoms with E-state index in [0.717, 1.165) is 36.8 Å². The van der Waals surface area contributed by atoms with Gasteiger partial charge in [-0.2, -0.15) is 0 Å². The predicted molar refractivity (Wildman–Crippen MR) is 84.9 cm³/mol. The number of hydrogen-bond acceptors (Lipinski definition) is 1. The van der Waals surface area contributed by atoms with Crippen LogP contribution < -0.4 is 5.32 Å². The Morgan fingerprint density at radius 3 is 1.59 bits per heavy atom. The SMILES string of the molecule is CNC1CCC(c2ccc(F)cc2)(c2ccc(F)cc2)CC1. The molecule has 22 heavy (non-hydrogen) atoms. The Kier molecular flexibility index (Phi) is 4.25. The maximum atomic E-state index is 13.3. The first-order valence-corrected chi connectivity index (χ1v) is 7.83. The predicted octanol–water partition coefficient (Wildman–Crippen LogP) is 4.41. The lowest BCUT2D eigenvalue weighted by atomic mass is 9.64. The Morgan fingerprint density at radius 1 is 0.818 bits per heavy atom. The Hall–Kier alpha value is -1.74. The summed E-state index contributed by atoms with van der Waals surface area (Å²) in [5, 5.41) is 3.34. The van der Waals surface area contributed by atoms with Gasteiger partial charge in [-0.15, -0.1) is 0 Å². The second-order valence-corrected chi connectivity index (χ2v) is 6.16. The molecular weight excluding hydrogens is 280 g/mol. The Balaban J connectivity index is 2.02. The monoisotopic (exact) mass is 301 g/mol. The molecule has 0 saturated heterocycles. The van der Waals surface area contributed by atoms with Gasteiger partial charge in [-0.05, 0) is 68.1 Å². The molecule has 0 bridgehead atoms. The van der Waals surface area contributed by atoms with E-state index in [0.29, 0.717) is 6.04 Å². The molecule has 0 atom stereocenters. The maximum absolute atomic E-state index is 13.3. The van der Waals surface area contributed by atoms with E-state index in [2.05, 4.69) is 5.32 Å². The van der Waals surface area contributed by atoms with E-state index in [1.165, 1.54) is 24.3 Å². The summed E-state index contributed by atoms with van der Waals surface area (Å²) in [5.74, 6) is -0.441. The van der Waals surface area contributed by atoms with Crippen molar-refractivity contribution in [3.8, 4) is 0 Å². The van der Waals surface area contributed by atoms with Crippen LogP contribution >= 0.6 is 0 Å². The lowest BCUT2D eigenvalue weighted by Crippen LogP contribution is -2.39. The van der Waals surface area contributed by atoms with Crippen molar-refractivity contribution in [3.63, 3.8) is 0 Å². The summed E-state index contributed by atoms with van der Waals surface area (Å²) >= 11 is 0. The molecule has 3 heteroatoms. The molecule has 1 aliphatic rings. The number of halogens is 2. The van der Waals surface area contributed by atoms with E-state index in [9.17, 15) is 8.78 Å². The molecule has 0 aromatic heterocycles. The first kappa shape index (κ1) is 15.2. The average molecular weight is 301 g/mol. The van der Waals surface area contributed by atoms with Crippen molar-refractivity contribution in [3.05, 3.63) is 71.3 Å². The van der Waals surface area contributed by atoms with Gasteiger partial charge in [0.2, 0.25) is 0 Å². The van der Waals surface area contributed by atoms with Crippen LogP contribution in [0.1, 0.15) is 36.8 Å². The van der Waals surface area contributed by atoms with Crippen molar-refractivity contribution < 1.29 is 8.78 Å². The van der Waals surface area contributed by atoms with Gasteiger partial charge >= 0.3 is 0 Å². The Labute approximate surface area is 130 Å². The van der Waals surface area contributed by atoms with Crippen molar-refractivity contribution in [2.45, 2.75) is 37.1 Å². The zero-order valence-corrected chi connectivity index (χ0v) is 12.8. The summed E-state index contributed by atoms with van der Waals surface area (Å²) in [6, 6.07) is 14.1. The molecule has 0 radical (unpaired) electrons. The van der Waals surface area contributed by atoms with Gasteiger partial charge in [0.25, 0.3) is 0 Å². The molecule has 3 rings (SSSR count). The number of rotatable bonds is 3. The molecule has 1 fully saturated rings. The third kappa shape index (κ3) is 2.78. The molecule has 116 valence electrons. The fourth-order valence-corrected chi connectivity index (χ4v) is 3.68. The zero-order chi connectivity index (χ0) is 15.6. The molecule has 1 nitrogen and oxygen atoms in total. The highest BCUT2D eigenvalue weighted by atomic mass is 19.1. The highest BCUT2D eigenvalue weighted by molar-refractivity contribution is 5.40. The van der Waals surface area contributed by atoms with Crippen LogP contribution in [0.5, 0.6) is 0 Å². The molecule has 2 aromatic carbocycles. The molecule has 0 unspecified atom stereocenters. The van der Waals surface area contributed by atoms with Gasteiger partial charge in [-0.25, -0.2) is 8.78 Å². The minimum atomic E-state index is -0.220. The van der Waals surface area contributed by atoms with Gasteiger partial charge in [0.1, 0.15) is 11.6 Å². The van der Waals surface area contributed by atoms with Crippen molar-refractivity contribution in [2.75, 3.05) is 7.05 Å². The number of benzene rings is 2. The highest BCUT2D eigenvalue weighted by Crippen LogP contribution is 2.44. The van der Waals surface area contributed by atoms with Gasteiger partial charge in [-0.1, -0.05) is 24.3 Å². The molecule has 2 aromatic rings. The standard InChI is InChI=1S/C19H21F2N/c1-22-18-10-12-19(13-11-18,14-2-6-16(20)7-3-14)15-4-8-17(21)9-5-15/h2-9,18,22H,10-13H2,1H3. The Bertz CT molecular complexity index is 563. The zero-order valence-electron chi connectivity index (χ0n) is 12.8. The van der Waals surface area contributed by atoms with Crippen LogP contribution in [0, 0.1) is 11.6 Å². The van der Waals surface area contributed by atoms with Crippen LogP contribution in [0.4, 0.5) is 8.78 Å². The fraction of sp³-hybridized carbons (Fsp3) is 0.368. The smallest absolute Gasteiger partial charge is 0.123 e. The first-order valence-electron chi connectivity index (χ1n) is 7.83. The van der Waals surface area contributed by atoms with Crippen molar-refractivity contribution in [1.29, 1.82) is 0 Å². The quantitative estimate of drug-likeness (QED) is 0.885. The molecule has 1 N–H and O–H groups in total. The molecule has 0 spiro atoms. The highest BCUT2D eigenvalue weighted by Gasteiger charge is 2.38. The molecule has 1 aliphatic carbocycles. The number of nitrogens with one attached hydrogen (secondary N) is 1. The van der Waals surface area contributed by atoms with E-state index in [1.54, 1.807) is 0 Å². The molecule has 1 saturated carbocycles. The van der Waals surface area contributed by atoms with E-state index in [-0.39, 0.29) is 17.0 Å². The summed E-state index contributed by atoms with van der Waals surface area (Å²) < 4.78 is 26.6. The van der Waals surface area contributed by atoms with Gasteiger partial charge in [0.15, 0.2) is 0 Å². The first-order chi connectivity index (χ1) is 10.6. The summed E-state index contributed by atoms with van der Waals surface area (Å²) in [6.07, 6.45) is 4.09. The summed E-state index contributed by atoms with van der Waals surface area (Å²) in [4.78, 5) is 0. The average Bonchev–Trinajstić information content (AvgIpc) is 2.56. The molecule has 0 aliphatic heterocycles. The van der Waals surface area contributed by atoms with Crippen LogP contribution in [-0.2, 0) is 5.41 Å². The van der Waals surface area contributed by atoms with Crippen LogP contribution in [-0.4, -0.2) is 13.1 Å². The van der Waals surface area contributed by atoms with E-state index >= 15 is 0 Å². The van der Waals surface area contributed by atoms with Crippen molar-refractivity contribution in [2.24, 2.45) is 0 Å². The minimum absolute atomic E-state index is 0.144. The summed E-state index contributed by atoms with van der Waals surface area (Å²) in [5.41, 5.74) is 2.10. The fourth-order valence-electron chi connectivity index (χ4n) is 3.68. The van der Waals surface area contributed by atoms with Gasteiger partial charge in [-0.3, -0.25) is 0 Å². The van der Waals surface area contributed by atoms with E-state index in [4.69, 9.17) is 0 Å². The van der Waals surface area contributed by atoms with Gasteiger partial charge in [0.05, 0.1) is 0 Å².